The summed E-state index contributed by atoms with van der Waals surface area (Å²) in [6, 6.07) is 5.64. The van der Waals surface area contributed by atoms with E-state index in [0.29, 0.717) is 33.9 Å². The number of halogens is 3. The first-order valence-electron chi connectivity index (χ1n) is 9.60. The molecule has 0 spiro atoms. The number of rotatable bonds is 7. The number of morpholine rings is 1. The van der Waals surface area contributed by atoms with E-state index in [1.165, 1.54) is 17.4 Å². The van der Waals surface area contributed by atoms with Crippen molar-refractivity contribution in [1.29, 1.82) is 0 Å². The lowest BCUT2D eigenvalue weighted by atomic mass is 10.3. The first-order valence-corrected chi connectivity index (χ1v) is 11.6. The number of ether oxygens (including phenoxy) is 1. The molecule has 1 aliphatic rings. The fourth-order valence-electron chi connectivity index (χ4n) is 3.36. The van der Waals surface area contributed by atoms with Crippen LogP contribution in [-0.4, -0.2) is 55.2 Å². The molecule has 0 atom stereocenters. The lowest BCUT2D eigenvalue weighted by Crippen LogP contribution is -2.39. The Hall–Kier alpha value is -1.65. The molecule has 1 amide bonds. The van der Waals surface area contributed by atoms with Crippen molar-refractivity contribution >= 4 is 55.5 Å². The van der Waals surface area contributed by atoms with Gasteiger partial charge in [0, 0.05) is 37.1 Å². The van der Waals surface area contributed by atoms with Gasteiger partial charge in [-0.05, 0) is 24.6 Å². The van der Waals surface area contributed by atoms with Crippen LogP contribution in [0.3, 0.4) is 0 Å². The minimum atomic E-state index is -0.724. The summed E-state index contributed by atoms with van der Waals surface area (Å²) >= 11 is 8.46. The Kier molecular flexibility index (Phi) is 6.94. The third-order valence-electron chi connectivity index (χ3n) is 4.85. The molecule has 0 aliphatic carbocycles. The quantitative estimate of drug-likeness (QED) is 0.505. The predicted octanol–water partition coefficient (Wildman–Crippen LogP) is 4.59. The molecule has 2 aromatic heterocycles. The monoisotopic (exact) mass is 471 g/mol. The number of anilines is 1. The maximum Gasteiger partial charge on any atom is 0.234 e. The van der Waals surface area contributed by atoms with Gasteiger partial charge in [-0.3, -0.25) is 14.6 Å². The van der Waals surface area contributed by atoms with E-state index in [0.717, 1.165) is 48.3 Å². The Morgan fingerprint density at radius 3 is 2.77 bits per heavy atom. The Morgan fingerprint density at radius 2 is 2.03 bits per heavy atom. The summed E-state index contributed by atoms with van der Waals surface area (Å²) in [6.45, 7) is 4.43. The molecule has 4 rings (SSSR count). The van der Waals surface area contributed by atoms with Gasteiger partial charge in [0.2, 0.25) is 5.91 Å². The van der Waals surface area contributed by atoms with Gasteiger partial charge in [-0.2, -0.15) is 0 Å². The number of fused-ring (bicyclic) bond motifs is 1. The first-order chi connectivity index (χ1) is 14.5. The molecule has 5 nitrogen and oxygen atoms in total. The highest BCUT2D eigenvalue weighted by molar-refractivity contribution is 7.22. The lowest BCUT2D eigenvalue weighted by molar-refractivity contribution is -0.118. The molecule has 160 valence electrons. The van der Waals surface area contributed by atoms with E-state index in [1.54, 1.807) is 11.0 Å². The van der Waals surface area contributed by atoms with Crippen LogP contribution in [0.2, 0.25) is 4.34 Å². The van der Waals surface area contributed by atoms with Crippen LogP contribution >= 0.6 is 34.3 Å². The van der Waals surface area contributed by atoms with E-state index in [4.69, 9.17) is 16.3 Å². The van der Waals surface area contributed by atoms with E-state index < -0.39 is 11.6 Å². The van der Waals surface area contributed by atoms with Crippen molar-refractivity contribution in [2.24, 2.45) is 0 Å². The fourth-order valence-corrected chi connectivity index (χ4v) is 5.48. The second kappa shape index (κ2) is 9.65. The van der Waals surface area contributed by atoms with E-state index in [9.17, 15) is 13.6 Å². The number of hydrogen-bond donors (Lipinski definition) is 0. The van der Waals surface area contributed by atoms with Crippen molar-refractivity contribution < 1.29 is 18.3 Å². The Morgan fingerprint density at radius 1 is 1.23 bits per heavy atom. The molecule has 0 N–H and O–H groups in total. The summed E-state index contributed by atoms with van der Waals surface area (Å²) in [5, 5.41) is 0.379. The van der Waals surface area contributed by atoms with Crippen molar-refractivity contribution in [3.63, 3.8) is 0 Å². The van der Waals surface area contributed by atoms with Crippen LogP contribution in [0.15, 0.2) is 24.3 Å². The number of nitrogens with zero attached hydrogens (tertiary/aromatic N) is 3. The second-order valence-electron chi connectivity index (χ2n) is 6.97. The number of carbonyl (C=O) groups is 1. The van der Waals surface area contributed by atoms with Gasteiger partial charge in [-0.25, -0.2) is 13.8 Å². The summed E-state index contributed by atoms with van der Waals surface area (Å²) in [4.78, 5) is 22.1. The van der Waals surface area contributed by atoms with Gasteiger partial charge in [0.05, 0.1) is 28.7 Å². The zero-order valence-electron chi connectivity index (χ0n) is 16.1. The Labute approximate surface area is 185 Å². The standard InChI is InChI=1S/C20H20ClF2N3O2S2/c21-17-3-2-14(29-17)12-18(27)26(5-1-4-25-6-8-28-9-7-25)20-24-19-15(23)10-13(22)11-16(19)30-20/h2-3,10-11H,1,4-9,12H2. The molecule has 1 aromatic carbocycles. The fraction of sp³-hybridized carbons (Fsp3) is 0.400. The number of benzene rings is 1. The highest BCUT2D eigenvalue weighted by atomic mass is 35.5. The highest BCUT2D eigenvalue weighted by Crippen LogP contribution is 2.32. The van der Waals surface area contributed by atoms with Gasteiger partial charge in [-0.1, -0.05) is 22.9 Å². The third kappa shape index (κ3) is 5.15. The van der Waals surface area contributed by atoms with Gasteiger partial charge in [0.1, 0.15) is 11.3 Å². The Bertz CT molecular complexity index is 1040. The van der Waals surface area contributed by atoms with Crippen molar-refractivity contribution in [2.75, 3.05) is 44.3 Å². The van der Waals surface area contributed by atoms with Gasteiger partial charge in [0.25, 0.3) is 0 Å². The second-order valence-corrected chi connectivity index (χ2v) is 9.78. The van der Waals surface area contributed by atoms with Crippen LogP contribution in [0.5, 0.6) is 0 Å². The van der Waals surface area contributed by atoms with Crippen LogP contribution < -0.4 is 4.90 Å². The topological polar surface area (TPSA) is 45.7 Å². The molecule has 0 saturated carbocycles. The van der Waals surface area contributed by atoms with Gasteiger partial charge in [0.15, 0.2) is 10.9 Å². The molecule has 1 aliphatic heterocycles. The average Bonchev–Trinajstić information content (AvgIpc) is 3.32. The lowest BCUT2D eigenvalue weighted by Gasteiger charge is -2.27. The van der Waals surface area contributed by atoms with Crippen LogP contribution in [0, 0.1) is 11.6 Å². The van der Waals surface area contributed by atoms with E-state index in [1.807, 2.05) is 6.07 Å². The summed E-state index contributed by atoms with van der Waals surface area (Å²) in [5.74, 6) is -1.53. The van der Waals surface area contributed by atoms with Crippen molar-refractivity contribution in [3.05, 3.63) is 45.1 Å². The summed E-state index contributed by atoms with van der Waals surface area (Å²) in [5.41, 5.74) is 0.0848. The number of thiazole rings is 1. The van der Waals surface area contributed by atoms with Crippen LogP contribution in [0.4, 0.5) is 13.9 Å². The van der Waals surface area contributed by atoms with E-state index in [2.05, 4.69) is 9.88 Å². The van der Waals surface area contributed by atoms with Crippen LogP contribution in [0.1, 0.15) is 11.3 Å². The number of thiophene rings is 1. The smallest absolute Gasteiger partial charge is 0.234 e. The number of amides is 1. The molecule has 0 bridgehead atoms. The molecular formula is C20H20ClF2N3O2S2. The predicted molar refractivity (Wildman–Crippen MR) is 117 cm³/mol. The normalized spacial score (nSPS) is 15.0. The zero-order valence-corrected chi connectivity index (χ0v) is 18.5. The zero-order chi connectivity index (χ0) is 21.1. The van der Waals surface area contributed by atoms with E-state index >= 15 is 0 Å². The van der Waals surface area contributed by atoms with Crippen molar-refractivity contribution in [2.45, 2.75) is 12.8 Å². The molecule has 3 heterocycles. The molecule has 1 saturated heterocycles. The number of hydrogen-bond acceptors (Lipinski definition) is 6. The number of aromatic nitrogens is 1. The van der Waals surface area contributed by atoms with Gasteiger partial charge in [-0.15, -0.1) is 11.3 Å². The van der Waals surface area contributed by atoms with E-state index in [-0.39, 0.29) is 17.8 Å². The maximum absolute atomic E-state index is 14.1. The molecular weight excluding hydrogens is 452 g/mol. The Balaban J connectivity index is 1.54. The SMILES string of the molecule is O=C(Cc1ccc(Cl)s1)N(CCCN1CCOCC1)c1nc2c(F)cc(F)cc2s1. The highest BCUT2D eigenvalue weighted by Gasteiger charge is 2.22. The van der Waals surface area contributed by atoms with Crippen LogP contribution in [0.25, 0.3) is 10.2 Å². The molecule has 0 radical (unpaired) electrons. The minimum absolute atomic E-state index is 0.0848. The molecule has 10 heteroatoms. The maximum atomic E-state index is 14.1. The largest absolute Gasteiger partial charge is 0.379 e. The average molecular weight is 472 g/mol. The third-order valence-corrected chi connectivity index (χ3v) is 7.10. The van der Waals surface area contributed by atoms with Crippen molar-refractivity contribution in [3.8, 4) is 0 Å². The summed E-state index contributed by atoms with van der Waals surface area (Å²) in [7, 11) is 0. The molecule has 3 aromatic rings. The molecule has 0 unspecified atom stereocenters. The summed E-state index contributed by atoms with van der Waals surface area (Å²) in [6.07, 6.45) is 0.922. The summed E-state index contributed by atoms with van der Waals surface area (Å²) < 4.78 is 34.1. The molecule has 1 fully saturated rings. The van der Waals surface area contributed by atoms with Gasteiger partial charge < -0.3 is 4.74 Å². The first kappa shape index (κ1) is 21.6. The van der Waals surface area contributed by atoms with Crippen molar-refractivity contribution in [1.82, 2.24) is 9.88 Å². The number of carbonyl (C=O) groups excluding carboxylic acids is 1. The molecule has 30 heavy (non-hydrogen) atoms. The van der Waals surface area contributed by atoms with Crippen LogP contribution in [-0.2, 0) is 16.0 Å². The minimum Gasteiger partial charge on any atom is -0.379 e. The van der Waals surface area contributed by atoms with Gasteiger partial charge >= 0.3 is 0 Å².